The molecule has 2 aliphatic rings. The molecule has 1 fully saturated rings. The van der Waals surface area contributed by atoms with Crippen molar-refractivity contribution in [3.05, 3.63) is 71.5 Å². The van der Waals surface area contributed by atoms with Crippen LogP contribution in [-0.4, -0.2) is 34.1 Å². The topological polar surface area (TPSA) is 66.6 Å². The molecule has 1 atom stereocenters. The summed E-state index contributed by atoms with van der Waals surface area (Å²) in [5, 5.41) is 16.7. The van der Waals surface area contributed by atoms with Crippen molar-refractivity contribution >= 4 is 23.0 Å². The number of fused-ring (bicyclic) bond motifs is 3. The highest BCUT2D eigenvalue weighted by Crippen LogP contribution is 2.33. The lowest BCUT2D eigenvalue weighted by atomic mass is 9.81. The van der Waals surface area contributed by atoms with Gasteiger partial charge in [0.1, 0.15) is 0 Å². The van der Waals surface area contributed by atoms with Crippen LogP contribution in [0.2, 0.25) is 0 Å². The molecule has 5 heteroatoms. The lowest BCUT2D eigenvalue weighted by molar-refractivity contribution is 0.0738. The number of carbonyl (C=O) groups is 1. The third-order valence-corrected chi connectivity index (χ3v) is 6.66. The minimum absolute atomic E-state index is 0.00546. The predicted octanol–water partition coefficient (Wildman–Crippen LogP) is 3.92. The average molecular weight is 402 g/mol. The Morgan fingerprint density at radius 1 is 1.03 bits per heavy atom. The fraction of sp³-hybridized carbons (Fsp3) is 0.360. The third kappa shape index (κ3) is 3.54. The molecule has 0 radical (unpaired) electrons. The van der Waals surface area contributed by atoms with Gasteiger partial charge in [-0.3, -0.25) is 9.79 Å². The number of aliphatic hydroxyl groups is 1. The molecule has 2 N–H and O–H groups in total. The standard InChI is InChI=1S/C25H27N3O2/c29-24(14-22-20-8-4-5-9-21(20)23-15-26-16-28(22)23)17-10-12-19(13-11-17)27-25(30)18-6-2-1-3-7-18/h1-9,16-17,19,24,29H,10-15H2,(H,27,30). The molecule has 154 valence electrons. The van der Waals surface area contributed by atoms with Crippen molar-refractivity contribution in [3.63, 3.8) is 0 Å². The minimum Gasteiger partial charge on any atom is -0.392 e. The second-order valence-electron chi connectivity index (χ2n) is 8.49. The Morgan fingerprint density at radius 2 is 1.73 bits per heavy atom. The molecule has 2 aromatic carbocycles. The van der Waals surface area contributed by atoms with Crippen molar-refractivity contribution in [1.29, 1.82) is 0 Å². The molecule has 0 bridgehead atoms. The van der Waals surface area contributed by atoms with Gasteiger partial charge in [0.05, 0.1) is 24.7 Å². The average Bonchev–Trinajstić information content (AvgIpc) is 3.37. The predicted molar refractivity (Wildman–Crippen MR) is 119 cm³/mol. The summed E-state index contributed by atoms with van der Waals surface area (Å²) in [6.07, 6.45) is 5.84. The molecule has 0 spiro atoms. The normalized spacial score (nSPS) is 21.5. The van der Waals surface area contributed by atoms with Crippen LogP contribution in [0.5, 0.6) is 0 Å². The molecule has 3 aromatic rings. The van der Waals surface area contributed by atoms with E-state index in [-0.39, 0.29) is 24.0 Å². The van der Waals surface area contributed by atoms with E-state index in [4.69, 9.17) is 0 Å². The summed E-state index contributed by atoms with van der Waals surface area (Å²) in [4.78, 5) is 16.8. The quantitative estimate of drug-likeness (QED) is 0.680. The first kappa shape index (κ1) is 19.1. The second-order valence-corrected chi connectivity index (χ2v) is 8.49. The van der Waals surface area contributed by atoms with Gasteiger partial charge in [-0.25, -0.2) is 0 Å². The van der Waals surface area contributed by atoms with Gasteiger partial charge in [-0.05, 0) is 43.7 Å². The van der Waals surface area contributed by atoms with Gasteiger partial charge in [-0.15, -0.1) is 0 Å². The second kappa shape index (κ2) is 8.07. The highest BCUT2D eigenvalue weighted by molar-refractivity contribution is 5.94. The maximum atomic E-state index is 12.4. The van der Waals surface area contributed by atoms with Crippen LogP contribution < -0.4 is 5.32 Å². The number of hydrogen-bond acceptors (Lipinski definition) is 3. The van der Waals surface area contributed by atoms with Crippen LogP contribution in [0, 0.1) is 5.92 Å². The van der Waals surface area contributed by atoms with Crippen molar-refractivity contribution in [3.8, 4) is 0 Å². The molecule has 1 saturated carbocycles. The maximum Gasteiger partial charge on any atom is 0.251 e. The van der Waals surface area contributed by atoms with Crippen molar-refractivity contribution in [2.45, 2.75) is 50.8 Å². The summed E-state index contributed by atoms with van der Waals surface area (Å²) in [6, 6.07) is 18.0. The molecule has 5 rings (SSSR count). The zero-order valence-corrected chi connectivity index (χ0v) is 17.0. The monoisotopic (exact) mass is 401 g/mol. The van der Waals surface area contributed by atoms with Crippen LogP contribution in [0.25, 0.3) is 10.8 Å². The number of aromatic nitrogens is 1. The fourth-order valence-corrected chi connectivity index (χ4v) is 5.00. The van der Waals surface area contributed by atoms with E-state index in [1.807, 2.05) is 36.7 Å². The fourth-order valence-electron chi connectivity index (χ4n) is 5.00. The SMILES string of the molecule is O=C(NC1CCC(C(O)Cc2c3ccccc3c3n2C=NC3)CC1)c1ccccc1. The van der Waals surface area contributed by atoms with E-state index in [2.05, 4.69) is 39.1 Å². The maximum absolute atomic E-state index is 12.4. The zero-order chi connectivity index (χ0) is 20.5. The summed E-state index contributed by atoms with van der Waals surface area (Å²) in [5.41, 5.74) is 3.09. The number of aliphatic hydroxyl groups excluding tert-OH is 1. The van der Waals surface area contributed by atoms with Gasteiger partial charge >= 0.3 is 0 Å². The summed E-state index contributed by atoms with van der Waals surface area (Å²) in [6.45, 7) is 0.711. The molecule has 5 nitrogen and oxygen atoms in total. The van der Waals surface area contributed by atoms with Crippen LogP contribution in [-0.2, 0) is 13.0 Å². The van der Waals surface area contributed by atoms with E-state index in [0.717, 1.165) is 31.4 Å². The van der Waals surface area contributed by atoms with Crippen LogP contribution >= 0.6 is 0 Å². The van der Waals surface area contributed by atoms with E-state index in [0.29, 0.717) is 18.5 Å². The lowest BCUT2D eigenvalue weighted by Crippen LogP contribution is -2.39. The Kier molecular flexibility index (Phi) is 5.13. The number of nitrogens with one attached hydrogen (secondary N) is 1. The summed E-state index contributed by atoms with van der Waals surface area (Å²) < 4.78 is 2.17. The number of aliphatic imine (C=N–C) groups is 1. The molecule has 1 unspecified atom stereocenters. The van der Waals surface area contributed by atoms with Crippen LogP contribution in [0.1, 0.15) is 47.4 Å². The Balaban J connectivity index is 1.22. The van der Waals surface area contributed by atoms with E-state index in [1.54, 1.807) is 0 Å². The van der Waals surface area contributed by atoms with Gasteiger partial charge in [0.2, 0.25) is 0 Å². The van der Waals surface area contributed by atoms with E-state index < -0.39 is 0 Å². The van der Waals surface area contributed by atoms with Gasteiger partial charge in [0, 0.05) is 34.5 Å². The van der Waals surface area contributed by atoms with Gasteiger partial charge < -0.3 is 15.0 Å². The van der Waals surface area contributed by atoms with Crippen molar-refractivity contribution in [1.82, 2.24) is 9.88 Å². The smallest absolute Gasteiger partial charge is 0.251 e. The van der Waals surface area contributed by atoms with Gasteiger partial charge in [0.15, 0.2) is 0 Å². The number of benzene rings is 2. The molecular weight excluding hydrogens is 374 g/mol. The molecule has 30 heavy (non-hydrogen) atoms. The number of amides is 1. The van der Waals surface area contributed by atoms with Crippen molar-refractivity contribution < 1.29 is 9.90 Å². The van der Waals surface area contributed by atoms with Gasteiger partial charge in [-0.1, -0.05) is 42.5 Å². The van der Waals surface area contributed by atoms with Crippen molar-refractivity contribution in [2.75, 3.05) is 0 Å². The van der Waals surface area contributed by atoms with E-state index >= 15 is 0 Å². The molecular formula is C25H27N3O2. The van der Waals surface area contributed by atoms with Crippen LogP contribution in [0.3, 0.4) is 0 Å². The lowest BCUT2D eigenvalue weighted by Gasteiger charge is -2.32. The largest absolute Gasteiger partial charge is 0.392 e. The van der Waals surface area contributed by atoms with E-state index in [9.17, 15) is 9.90 Å². The molecule has 1 amide bonds. The number of nitrogens with zero attached hydrogens (tertiary/aromatic N) is 2. The summed E-state index contributed by atoms with van der Waals surface area (Å²) in [7, 11) is 0. The molecule has 2 heterocycles. The summed E-state index contributed by atoms with van der Waals surface area (Å²) >= 11 is 0. The van der Waals surface area contributed by atoms with Gasteiger partial charge in [-0.2, -0.15) is 0 Å². The Bertz CT molecular complexity index is 1080. The van der Waals surface area contributed by atoms with E-state index in [1.165, 1.54) is 16.5 Å². The molecule has 1 aliphatic heterocycles. The molecule has 1 aliphatic carbocycles. The number of hydrogen-bond donors (Lipinski definition) is 2. The third-order valence-electron chi connectivity index (χ3n) is 6.66. The first-order valence-electron chi connectivity index (χ1n) is 10.9. The Morgan fingerprint density at radius 3 is 2.50 bits per heavy atom. The Hall–Kier alpha value is -2.92. The summed E-state index contributed by atoms with van der Waals surface area (Å²) in [5.74, 6) is 0.257. The molecule has 0 saturated heterocycles. The minimum atomic E-state index is -0.382. The first-order chi connectivity index (χ1) is 14.7. The first-order valence-corrected chi connectivity index (χ1v) is 10.9. The highest BCUT2D eigenvalue weighted by atomic mass is 16.3. The Labute approximate surface area is 176 Å². The number of rotatable bonds is 5. The van der Waals surface area contributed by atoms with Crippen molar-refractivity contribution in [2.24, 2.45) is 10.9 Å². The number of carbonyl (C=O) groups excluding carboxylic acids is 1. The van der Waals surface area contributed by atoms with Crippen LogP contribution in [0.4, 0.5) is 0 Å². The molecule has 1 aromatic heterocycles. The van der Waals surface area contributed by atoms with Crippen LogP contribution in [0.15, 0.2) is 59.6 Å². The zero-order valence-electron chi connectivity index (χ0n) is 17.0. The highest BCUT2D eigenvalue weighted by Gasteiger charge is 2.29. The van der Waals surface area contributed by atoms with Gasteiger partial charge in [0.25, 0.3) is 5.91 Å².